The summed E-state index contributed by atoms with van der Waals surface area (Å²) in [7, 11) is 0. The monoisotopic (exact) mass is 524 g/mol. The van der Waals surface area contributed by atoms with Crippen molar-refractivity contribution in [2.45, 2.75) is 58.5 Å². The van der Waals surface area contributed by atoms with Gasteiger partial charge in [-0.05, 0) is 48.9 Å². The highest BCUT2D eigenvalue weighted by Crippen LogP contribution is 2.33. The third kappa shape index (κ3) is 5.90. The van der Waals surface area contributed by atoms with Crippen molar-refractivity contribution in [3.63, 3.8) is 0 Å². The molecule has 4 rings (SSSR count). The second-order valence-electron chi connectivity index (χ2n) is 9.58. The Balaban J connectivity index is 1.43. The van der Waals surface area contributed by atoms with Gasteiger partial charge in [0.25, 0.3) is 5.88 Å². The van der Waals surface area contributed by atoms with Crippen LogP contribution in [0.3, 0.4) is 0 Å². The second kappa shape index (κ2) is 11.7. The third-order valence-electron chi connectivity index (χ3n) is 6.66. The molecule has 0 spiro atoms. The minimum Gasteiger partial charge on any atom is -0.468 e. The molecule has 3 aromatic rings. The molecule has 10 heteroatoms. The first-order valence-corrected chi connectivity index (χ1v) is 13.3. The fourth-order valence-electron chi connectivity index (χ4n) is 4.72. The molecule has 0 aliphatic carbocycles. The van der Waals surface area contributed by atoms with Crippen LogP contribution < -0.4 is 10.1 Å². The molecule has 3 heterocycles. The number of likely N-dealkylation sites (tertiary alicyclic amines) is 1. The summed E-state index contributed by atoms with van der Waals surface area (Å²) >= 11 is 1.60. The molecule has 3 atom stereocenters. The van der Waals surface area contributed by atoms with E-state index < -0.39 is 12.0 Å². The largest absolute Gasteiger partial charge is 0.468 e. The van der Waals surface area contributed by atoms with E-state index in [-0.39, 0.29) is 36.3 Å². The van der Waals surface area contributed by atoms with Crippen LogP contribution in [0.1, 0.15) is 62.6 Å². The number of carbonyl (C=O) groups excluding carboxylic acids is 3. The van der Waals surface area contributed by atoms with Crippen molar-refractivity contribution in [1.82, 2.24) is 20.4 Å². The lowest BCUT2D eigenvalue weighted by Crippen LogP contribution is -2.48. The van der Waals surface area contributed by atoms with Gasteiger partial charge in [0.2, 0.25) is 11.8 Å². The van der Waals surface area contributed by atoms with E-state index in [0.717, 1.165) is 28.1 Å². The first kappa shape index (κ1) is 26.5. The fourth-order valence-corrected chi connectivity index (χ4v) is 5.53. The molecule has 1 fully saturated rings. The molecule has 0 bridgehead atoms. The number of nitrogens with zero attached hydrogens (tertiary/aromatic N) is 3. The molecule has 1 N–H and O–H groups in total. The summed E-state index contributed by atoms with van der Waals surface area (Å²) in [5, 5.41) is 6.90. The van der Waals surface area contributed by atoms with Crippen LogP contribution in [0, 0.1) is 12.8 Å². The summed E-state index contributed by atoms with van der Waals surface area (Å²) in [6.07, 6.45) is 1.96. The van der Waals surface area contributed by atoms with Gasteiger partial charge in [-0.2, -0.15) is 0 Å². The number of aryl methyl sites for hydroxylation is 1. The van der Waals surface area contributed by atoms with Crippen LogP contribution in [0.4, 0.5) is 0 Å². The van der Waals surface area contributed by atoms with Crippen molar-refractivity contribution in [1.29, 1.82) is 0 Å². The number of aldehydes is 1. The van der Waals surface area contributed by atoms with Crippen LogP contribution in [0.5, 0.6) is 5.88 Å². The number of carbonyl (C=O) groups is 3. The van der Waals surface area contributed by atoms with E-state index in [2.05, 4.69) is 15.5 Å². The number of rotatable bonds is 10. The minimum absolute atomic E-state index is 0.0942. The van der Waals surface area contributed by atoms with Crippen molar-refractivity contribution >= 4 is 29.4 Å². The lowest BCUT2D eigenvalue weighted by Gasteiger charge is -2.29. The normalized spacial score (nSPS) is 17.0. The smallest absolute Gasteiger partial charge is 0.254 e. The molecule has 0 unspecified atom stereocenters. The summed E-state index contributed by atoms with van der Waals surface area (Å²) in [5.41, 5.74) is 4.92. The quantitative estimate of drug-likeness (QED) is 0.394. The molecule has 37 heavy (non-hydrogen) atoms. The molecule has 2 aromatic heterocycles. The van der Waals surface area contributed by atoms with Gasteiger partial charge < -0.3 is 19.5 Å². The first-order valence-electron chi connectivity index (χ1n) is 12.4. The highest BCUT2D eigenvalue weighted by atomic mass is 32.1. The molecule has 1 saturated heterocycles. The van der Waals surface area contributed by atoms with E-state index in [1.54, 1.807) is 16.2 Å². The zero-order chi connectivity index (χ0) is 26.5. The molecular formula is C27H32N4O5S. The van der Waals surface area contributed by atoms with E-state index >= 15 is 0 Å². The molecule has 0 saturated carbocycles. The van der Waals surface area contributed by atoms with Crippen LogP contribution in [-0.2, 0) is 14.4 Å². The van der Waals surface area contributed by atoms with Crippen LogP contribution >= 0.6 is 11.3 Å². The molecule has 0 radical (unpaired) electrons. The highest BCUT2D eigenvalue weighted by Gasteiger charge is 2.40. The van der Waals surface area contributed by atoms with Crippen LogP contribution in [0.25, 0.3) is 10.4 Å². The van der Waals surface area contributed by atoms with Gasteiger partial charge in [-0.15, -0.1) is 11.3 Å². The van der Waals surface area contributed by atoms with Crippen molar-refractivity contribution < 1.29 is 23.6 Å². The van der Waals surface area contributed by atoms with Crippen molar-refractivity contribution in [3.05, 3.63) is 52.9 Å². The van der Waals surface area contributed by atoms with Gasteiger partial charge in [0, 0.05) is 12.6 Å². The van der Waals surface area contributed by atoms with Crippen molar-refractivity contribution in [3.8, 4) is 16.3 Å². The second-order valence-corrected chi connectivity index (χ2v) is 10.4. The molecule has 196 valence electrons. The molecular weight excluding hydrogens is 492 g/mol. The predicted octanol–water partition coefficient (Wildman–Crippen LogP) is 4.29. The lowest BCUT2D eigenvalue weighted by atomic mass is 9.91. The Kier molecular flexibility index (Phi) is 8.38. The summed E-state index contributed by atoms with van der Waals surface area (Å²) in [4.78, 5) is 44.6. The van der Waals surface area contributed by atoms with E-state index in [0.29, 0.717) is 25.0 Å². The summed E-state index contributed by atoms with van der Waals surface area (Å²) in [6, 6.07) is 8.89. The number of ether oxygens (including phenoxy) is 1. The van der Waals surface area contributed by atoms with E-state index in [1.807, 2.05) is 57.5 Å². The van der Waals surface area contributed by atoms with Crippen molar-refractivity contribution in [2.75, 3.05) is 13.2 Å². The fraction of sp³-hybridized carbons (Fsp3) is 0.444. The molecule has 9 nitrogen and oxygen atoms in total. The Morgan fingerprint density at radius 3 is 2.68 bits per heavy atom. The van der Waals surface area contributed by atoms with E-state index in [9.17, 15) is 14.4 Å². The Bertz CT molecular complexity index is 1240. The maximum Gasteiger partial charge on any atom is 0.254 e. The number of amides is 2. The number of thiazole rings is 1. The maximum atomic E-state index is 13.6. The standard InChI is InChI=1S/C27H32N4O5S/c1-16(2)24(22-14-23(30-36-22)35-13-12-32)27(34)31-11-5-6-21(31)26(33)29-17(3)19-7-9-20(10-8-19)25-18(4)28-15-37-25/h7-10,12,14-17,21,24H,5-6,11,13H2,1-4H3,(H,29,33)/t17-,21-,24+/m0/s1. The zero-order valence-electron chi connectivity index (χ0n) is 21.5. The van der Waals surface area contributed by atoms with E-state index in [1.165, 1.54) is 6.07 Å². The van der Waals surface area contributed by atoms with Crippen LogP contribution in [0.2, 0.25) is 0 Å². The van der Waals surface area contributed by atoms with Crippen molar-refractivity contribution in [2.24, 2.45) is 5.92 Å². The maximum absolute atomic E-state index is 13.6. The highest BCUT2D eigenvalue weighted by molar-refractivity contribution is 7.13. The summed E-state index contributed by atoms with van der Waals surface area (Å²) < 4.78 is 10.6. The zero-order valence-corrected chi connectivity index (χ0v) is 22.3. The average Bonchev–Trinajstić information content (AvgIpc) is 3.64. The Labute approximate surface area is 220 Å². The molecule has 1 aromatic carbocycles. The van der Waals surface area contributed by atoms with Gasteiger partial charge in [-0.3, -0.25) is 14.4 Å². The molecule has 2 amide bonds. The minimum atomic E-state index is -0.616. The van der Waals surface area contributed by atoms with Gasteiger partial charge in [0.15, 0.2) is 12.0 Å². The number of hydrogen-bond donors (Lipinski definition) is 1. The molecule has 1 aliphatic rings. The van der Waals surface area contributed by atoms with Gasteiger partial charge in [0.1, 0.15) is 18.6 Å². The number of nitrogens with one attached hydrogen (secondary N) is 1. The van der Waals surface area contributed by atoms with Gasteiger partial charge >= 0.3 is 0 Å². The Morgan fingerprint density at radius 1 is 1.27 bits per heavy atom. The van der Waals surface area contributed by atoms with Gasteiger partial charge in [-0.1, -0.05) is 38.1 Å². The SMILES string of the molecule is Cc1ncsc1-c1ccc([C@H](C)NC(=O)[C@@H]2CCCN2C(=O)[C@@H](c2cc(OCC=O)no2)C(C)C)cc1. The van der Waals surface area contributed by atoms with Gasteiger partial charge in [0.05, 0.1) is 22.1 Å². The number of benzene rings is 1. The van der Waals surface area contributed by atoms with E-state index in [4.69, 9.17) is 9.26 Å². The topological polar surface area (TPSA) is 115 Å². The Morgan fingerprint density at radius 2 is 2.03 bits per heavy atom. The lowest BCUT2D eigenvalue weighted by molar-refractivity contribution is -0.141. The summed E-state index contributed by atoms with van der Waals surface area (Å²) in [5.74, 6) is -0.547. The number of hydrogen-bond acceptors (Lipinski definition) is 8. The molecule has 1 aliphatic heterocycles. The Hall–Kier alpha value is -3.53. The third-order valence-corrected chi connectivity index (χ3v) is 7.64. The summed E-state index contributed by atoms with van der Waals surface area (Å²) in [6.45, 7) is 8.12. The van der Waals surface area contributed by atoms with Gasteiger partial charge in [-0.25, -0.2) is 4.98 Å². The first-order chi connectivity index (χ1) is 17.8. The number of aromatic nitrogens is 2. The van der Waals surface area contributed by atoms with Crippen LogP contribution in [-0.4, -0.2) is 52.3 Å². The van der Waals surface area contributed by atoms with Crippen LogP contribution in [0.15, 0.2) is 40.4 Å². The predicted molar refractivity (Wildman–Crippen MR) is 139 cm³/mol. The average molecular weight is 525 g/mol.